The maximum atomic E-state index is 13.7. The van der Waals surface area contributed by atoms with Crippen LogP contribution in [-0.2, 0) is 16.6 Å². The zero-order chi connectivity index (χ0) is 26.0. The highest BCUT2D eigenvalue weighted by atomic mass is 35.5. The monoisotopic (exact) mass is 553 g/mol. The van der Waals surface area contributed by atoms with Crippen molar-refractivity contribution in [2.45, 2.75) is 11.4 Å². The number of anilines is 2. The number of hydrogen-bond donors (Lipinski definition) is 1. The van der Waals surface area contributed by atoms with Crippen LogP contribution in [0.5, 0.6) is 5.75 Å². The first kappa shape index (κ1) is 24.8. The van der Waals surface area contributed by atoms with Crippen molar-refractivity contribution < 1.29 is 22.4 Å². The number of nitrogens with zero attached hydrogens (tertiary/aromatic N) is 2. The van der Waals surface area contributed by atoms with Gasteiger partial charge in [0.2, 0.25) is 0 Å². The van der Waals surface area contributed by atoms with Gasteiger partial charge in [-0.05, 0) is 60.7 Å². The molecule has 188 valence electrons. The molecule has 37 heavy (non-hydrogen) atoms. The van der Waals surface area contributed by atoms with Crippen molar-refractivity contribution in [3.63, 3.8) is 0 Å². The lowest BCUT2D eigenvalue weighted by molar-refractivity contribution is 0.0983. The molecule has 0 unspecified atom stereocenters. The minimum atomic E-state index is -3.76. The number of halogens is 1. The average Bonchev–Trinajstić information content (AvgIpc) is 3.59. The third-order valence-corrected chi connectivity index (χ3v) is 8.41. The molecule has 0 radical (unpaired) electrons. The topological polar surface area (TPSA) is 102 Å². The summed E-state index contributed by atoms with van der Waals surface area (Å²) in [4.78, 5) is 19.9. The number of carbonyl (C=O) groups excluding carboxylic acids is 1. The molecule has 11 heteroatoms. The molecule has 8 nitrogen and oxygen atoms in total. The number of sulfonamides is 1. The van der Waals surface area contributed by atoms with Crippen LogP contribution in [0.25, 0.3) is 10.2 Å². The third-order valence-electron chi connectivity index (χ3n) is 5.47. The SMILES string of the molecule is COc1ccc(Cl)c2sc(N(Cc3ccco3)C(=O)c3ccc(NS(=O)(=O)c4ccccc4)cc3)nc12. The maximum absolute atomic E-state index is 13.7. The molecule has 5 aromatic rings. The van der Waals surface area contributed by atoms with Crippen LogP contribution in [0.3, 0.4) is 0 Å². The third kappa shape index (κ3) is 5.17. The Morgan fingerprint density at radius 1 is 1.05 bits per heavy atom. The van der Waals surface area contributed by atoms with Crippen molar-refractivity contribution in [1.29, 1.82) is 0 Å². The van der Waals surface area contributed by atoms with Crippen molar-refractivity contribution in [2.24, 2.45) is 0 Å². The van der Waals surface area contributed by atoms with Gasteiger partial charge in [0.1, 0.15) is 17.0 Å². The number of furan rings is 1. The molecule has 2 aromatic heterocycles. The molecule has 0 aliphatic carbocycles. The Balaban J connectivity index is 1.46. The van der Waals surface area contributed by atoms with Gasteiger partial charge in [0, 0.05) is 11.3 Å². The van der Waals surface area contributed by atoms with E-state index in [2.05, 4.69) is 9.71 Å². The number of aromatic nitrogens is 1. The van der Waals surface area contributed by atoms with Crippen molar-refractivity contribution in [3.05, 3.63) is 101 Å². The molecule has 0 saturated carbocycles. The van der Waals surface area contributed by atoms with Crippen LogP contribution in [0.1, 0.15) is 16.1 Å². The zero-order valence-corrected chi connectivity index (χ0v) is 21.8. The Morgan fingerprint density at radius 2 is 1.81 bits per heavy atom. The second-order valence-electron chi connectivity index (χ2n) is 7.89. The Morgan fingerprint density at radius 3 is 2.49 bits per heavy atom. The molecule has 1 N–H and O–H groups in total. The Hall–Kier alpha value is -3.86. The number of fused-ring (bicyclic) bond motifs is 1. The molecule has 0 aliphatic heterocycles. The first-order chi connectivity index (χ1) is 17.9. The van der Waals surface area contributed by atoms with E-state index < -0.39 is 10.0 Å². The highest BCUT2D eigenvalue weighted by Crippen LogP contribution is 2.39. The number of nitrogens with one attached hydrogen (secondary N) is 1. The lowest BCUT2D eigenvalue weighted by Gasteiger charge is -2.19. The van der Waals surface area contributed by atoms with Crippen LogP contribution in [0.15, 0.2) is 94.4 Å². The number of thiazole rings is 1. The fraction of sp³-hybridized carbons (Fsp3) is 0.0769. The first-order valence-electron chi connectivity index (χ1n) is 11.0. The van der Waals surface area contributed by atoms with Gasteiger partial charge >= 0.3 is 0 Å². The minimum absolute atomic E-state index is 0.133. The van der Waals surface area contributed by atoms with Crippen molar-refractivity contribution in [3.8, 4) is 5.75 Å². The summed E-state index contributed by atoms with van der Waals surface area (Å²) in [5.74, 6) is 0.767. The smallest absolute Gasteiger partial charge is 0.261 e. The van der Waals surface area contributed by atoms with E-state index in [0.29, 0.717) is 43.1 Å². The highest BCUT2D eigenvalue weighted by Gasteiger charge is 2.25. The molecular weight excluding hydrogens is 534 g/mol. The number of hydrogen-bond acceptors (Lipinski definition) is 7. The van der Waals surface area contributed by atoms with E-state index in [4.69, 9.17) is 20.8 Å². The van der Waals surface area contributed by atoms with E-state index in [-0.39, 0.29) is 17.3 Å². The van der Waals surface area contributed by atoms with E-state index >= 15 is 0 Å². The number of methoxy groups -OCH3 is 1. The first-order valence-corrected chi connectivity index (χ1v) is 13.7. The van der Waals surface area contributed by atoms with Crippen LogP contribution < -0.4 is 14.4 Å². The number of carbonyl (C=O) groups is 1. The van der Waals surface area contributed by atoms with E-state index in [1.807, 2.05) is 0 Å². The number of amides is 1. The van der Waals surface area contributed by atoms with Gasteiger partial charge in [0.05, 0.1) is 34.5 Å². The lowest BCUT2D eigenvalue weighted by Crippen LogP contribution is -2.30. The molecule has 1 amide bonds. The molecule has 0 atom stereocenters. The highest BCUT2D eigenvalue weighted by molar-refractivity contribution is 7.92. The van der Waals surface area contributed by atoms with Crippen LogP contribution in [0.2, 0.25) is 5.02 Å². The van der Waals surface area contributed by atoms with Gasteiger partial charge < -0.3 is 9.15 Å². The van der Waals surface area contributed by atoms with Crippen LogP contribution >= 0.6 is 22.9 Å². The van der Waals surface area contributed by atoms with Gasteiger partial charge in [-0.15, -0.1) is 0 Å². The summed E-state index contributed by atoms with van der Waals surface area (Å²) in [6.45, 7) is 0.133. The number of benzene rings is 3. The summed E-state index contributed by atoms with van der Waals surface area (Å²) in [6, 6.07) is 21.2. The lowest BCUT2D eigenvalue weighted by atomic mass is 10.2. The van der Waals surface area contributed by atoms with E-state index in [0.717, 1.165) is 0 Å². The second kappa shape index (κ2) is 10.3. The molecule has 0 bridgehead atoms. The number of rotatable bonds is 8. The normalized spacial score (nSPS) is 11.4. The summed E-state index contributed by atoms with van der Waals surface area (Å²) in [7, 11) is -2.21. The predicted octanol–water partition coefficient (Wildman–Crippen LogP) is 6.20. The molecule has 5 rings (SSSR count). The molecule has 2 heterocycles. The van der Waals surface area contributed by atoms with Gasteiger partial charge in [-0.1, -0.05) is 41.1 Å². The Kier molecular flexibility index (Phi) is 6.88. The van der Waals surface area contributed by atoms with E-state index in [1.54, 1.807) is 61.7 Å². The standard InChI is InChI=1S/C26H20ClN3O5S2/c1-34-22-14-13-21(27)24-23(22)28-26(36-24)30(16-19-6-5-15-35-19)25(31)17-9-11-18(12-10-17)29-37(32,33)20-7-3-2-4-8-20/h2-15,29H,16H2,1H3. The Bertz CT molecular complexity index is 1650. The molecule has 0 aliphatic rings. The fourth-order valence-electron chi connectivity index (χ4n) is 3.66. The number of ether oxygens (including phenoxy) is 1. The van der Waals surface area contributed by atoms with Crippen LogP contribution in [0.4, 0.5) is 10.8 Å². The quantitative estimate of drug-likeness (QED) is 0.245. The minimum Gasteiger partial charge on any atom is -0.494 e. The van der Waals surface area contributed by atoms with Crippen LogP contribution in [-0.4, -0.2) is 26.4 Å². The summed E-state index contributed by atoms with van der Waals surface area (Å²) < 4.78 is 39.4. The van der Waals surface area contributed by atoms with Gasteiger partial charge in [-0.2, -0.15) is 0 Å². The van der Waals surface area contributed by atoms with Crippen molar-refractivity contribution in [2.75, 3.05) is 16.7 Å². The van der Waals surface area contributed by atoms with Crippen molar-refractivity contribution >= 4 is 59.9 Å². The fourth-order valence-corrected chi connectivity index (χ4v) is 5.99. The second-order valence-corrected chi connectivity index (χ2v) is 11.0. The largest absolute Gasteiger partial charge is 0.494 e. The van der Waals surface area contributed by atoms with E-state index in [9.17, 15) is 13.2 Å². The Labute approximate surface area is 222 Å². The van der Waals surface area contributed by atoms with Gasteiger partial charge in [0.25, 0.3) is 15.9 Å². The summed E-state index contributed by atoms with van der Waals surface area (Å²) in [5.41, 5.74) is 1.22. The van der Waals surface area contributed by atoms with E-state index in [1.165, 1.54) is 46.8 Å². The molecule has 3 aromatic carbocycles. The van der Waals surface area contributed by atoms with Gasteiger partial charge in [-0.25, -0.2) is 13.4 Å². The maximum Gasteiger partial charge on any atom is 0.261 e. The van der Waals surface area contributed by atoms with Crippen LogP contribution in [0, 0.1) is 0 Å². The predicted molar refractivity (Wildman–Crippen MR) is 144 cm³/mol. The zero-order valence-electron chi connectivity index (χ0n) is 19.4. The molecule has 0 saturated heterocycles. The van der Waals surface area contributed by atoms with Crippen molar-refractivity contribution in [1.82, 2.24) is 4.98 Å². The molecular formula is C26H20ClN3O5S2. The van der Waals surface area contributed by atoms with Gasteiger partial charge in [-0.3, -0.25) is 14.4 Å². The van der Waals surface area contributed by atoms with Gasteiger partial charge in [0.15, 0.2) is 5.13 Å². The molecule has 0 spiro atoms. The summed E-state index contributed by atoms with van der Waals surface area (Å²) >= 11 is 7.66. The molecule has 0 fully saturated rings. The average molecular weight is 554 g/mol. The summed E-state index contributed by atoms with van der Waals surface area (Å²) in [5, 5.41) is 0.914. The summed E-state index contributed by atoms with van der Waals surface area (Å²) in [6.07, 6.45) is 1.53.